The van der Waals surface area contributed by atoms with Crippen LogP contribution in [0.3, 0.4) is 0 Å². The van der Waals surface area contributed by atoms with E-state index >= 15 is 0 Å². The van der Waals surface area contributed by atoms with Gasteiger partial charge in [0.1, 0.15) is 6.10 Å². The van der Waals surface area contributed by atoms with Crippen LogP contribution in [-0.4, -0.2) is 46.9 Å². The number of aliphatic hydroxyl groups excluding tert-OH is 2. The third-order valence-corrected chi connectivity index (χ3v) is 12.6. The quantitative estimate of drug-likeness (QED) is 0.0322. The number of rotatable bonds is 49. The first-order valence-electron chi connectivity index (χ1n) is 26.9. The van der Waals surface area contributed by atoms with E-state index in [0.717, 1.165) is 57.8 Å². The van der Waals surface area contributed by atoms with E-state index < -0.39 is 18.2 Å². The summed E-state index contributed by atoms with van der Waals surface area (Å²) >= 11 is 0. The van der Waals surface area contributed by atoms with Gasteiger partial charge in [-0.3, -0.25) is 9.59 Å². The van der Waals surface area contributed by atoms with Gasteiger partial charge in [0.25, 0.3) is 0 Å². The third-order valence-electron chi connectivity index (χ3n) is 12.6. The highest BCUT2D eigenvalue weighted by atomic mass is 16.5. The van der Waals surface area contributed by atoms with E-state index in [2.05, 4.69) is 38.2 Å². The summed E-state index contributed by atoms with van der Waals surface area (Å²) in [4.78, 5) is 26.1. The number of esters is 1. The smallest absolute Gasteiger partial charge is 0.306 e. The summed E-state index contributed by atoms with van der Waals surface area (Å²) in [5.41, 5.74) is 0. The SMILES string of the molecule is CCCCCCCCC/C=C/CCCCCC(CC(=O)NC(CO)C(O)CCCCCCCCCCCC)OC(=O)CCCCCCCCCCCCCCCCCCC. The molecule has 0 aromatic carbocycles. The molecule has 6 nitrogen and oxygen atoms in total. The highest BCUT2D eigenvalue weighted by Crippen LogP contribution is 2.18. The van der Waals surface area contributed by atoms with Gasteiger partial charge in [-0.15, -0.1) is 0 Å². The molecule has 3 N–H and O–H groups in total. The van der Waals surface area contributed by atoms with Gasteiger partial charge in [0.15, 0.2) is 0 Å². The molecular weight excluding hydrogens is 743 g/mol. The monoisotopic (exact) mass is 848 g/mol. The molecule has 3 unspecified atom stereocenters. The highest BCUT2D eigenvalue weighted by molar-refractivity contribution is 5.77. The standard InChI is InChI=1S/C54H105NO5/c1-4-7-10-13-16-19-22-24-26-27-28-30-32-35-38-41-44-47-54(59)60-50(45-42-39-36-33-31-29-25-23-20-17-14-11-8-5-2)48-53(58)55-51(49-56)52(57)46-43-40-37-34-21-18-15-12-9-6-3/h29,31,50-52,56-57H,4-28,30,32-49H2,1-3H3,(H,55,58)/b31-29+. The van der Waals surface area contributed by atoms with E-state index in [0.29, 0.717) is 19.3 Å². The van der Waals surface area contributed by atoms with E-state index in [9.17, 15) is 19.8 Å². The normalized spacial score (nSPS) is 13.2. The van der Waals surface area contributed by atoms with Gasteiger partial charge >= 0.3 is 5.97 Å². The Hall–Kier alpha value is -1.40. The molecule has 0 spiro atoms. The molecule has 3 atom stereocenters. The van der Waals surface area contributed by atoms with Crippen molar-refractivity contribution in [1.82, 2.24) is 5.32 Å². The number of hydrogen-bond acceptors (Lipinski definition) is 5. The van der Waals surface area contributed by atoms with Gasteiger partial charge in [0, 0.05) is 6.42 Å². The Morgan fingerprint density at radius 3 is 1.20 bits per heavy atom. The van der Waals surface area contributed by atoms with Crippen molar-refractivity contribution in [2.24, 2.45) is 0 Å². The molecule has 0 saturated carbocycles. The Labute approximate surface area is 374 Å². The Kier molecular flexibility index (Phi) is 47.5. The Morgan fingerprint density at radius 1 is 0.467 bits per heavy atom. The molecule has 6 heteroatoms. The lowest BCUT2D eigenvalue weighted by molar-refractivity contribution is -0.151. The van der Waals surface area contributed by atoms with Crippen LogP contribution in [0.4, 0.5) is 0 Å². The lowest BCUT2D eigenvalue weighted by Gasteiger charge is -2.24. The van der Waals surface area contributed by atoms with Crippen molar-refractivity contribution in [3.63, 3.8) is 0 Å². The summed E-state index contributed by atoms with van der Waals surface area (Å²) in [5, 5.41) is 23.7. The fraction of sp³-hybridized carbons (Fsp3) is 0.926. The maximum atomic E-state index is 13.2. The molecule has 0 aliphatic carbocycles. The van der Waals surface area contributed by atoms with E-state index in [1.807, 2.05) is 0 Å². The number of aliphatic hydroxyl groups is 2. The number of carbonyl (C=O) groups is 2. The fourth-order valence-electron chi connectivity index (χ4n) is 8.49. The third kappa shape index (κ3) is 43.3. The highest BCUT2D eigenvalue weighted by Gasteiger charge is 2.24. The minimum atomic E-state index is -0.785. The predicted octanol–water partition coefficient (Wildman–Crippen LogP) is 16.1. The van der Waals surface area contributed by atoms with Crippen LogP contribution in [-0.2, 0) is 14.3 Å². The Balaban J connectivity index is 4.52. The maximum Gasteiger partial charge on any atom is 0.306 e. The molecule has 0 radical (unpaired) electrons. The molecule has 0 aliphatic heterocycles. The van der Waals surface area contributed by atoms with Crippen molar-refractivity contribution >= 4 is 11.9 Å². The van der Waals surface area contributed by atoms with Crippen LogP contribution in [0.2, 0.25) is 0 Å². The Morgan fingerprint density at radius 2 is 0.800 bits per heavy atom. The molecule has 0 bridgehead atoms. The average Bonchev–Trinajstić information content (AvgIpc) is 3.24. The van der Waals surface area contributed by atoms with Gasteiger partial charge < -0.3 is 20.3 Å². The van der Waals surface area contributed by atoms with Crippen LogP contribution in [0, 0.1) is 0 Å². The second-order valence-electron chi connectivity index (χ2n) is 18.6. The molecule has 0 fully saturated rings. The first-order chi connectivity index (χ1) is 29.5. The molecule has 0 rings (SSSR count). The van der Waals surface area contributed by atoms with Gasteiger partial charge in [-0.05, 0) is 51.4 Å². The number of allylic oxidation sites excluding steroid dienone is 2. The summed E-state index contributed by atoms with van der Waals surface area (Å²) in [6, 6.07) is -0.699. The van der Waals surface area contributed by atoms with E-state index in [1.54, 1.807) is 0 Å². The Bertz CT molecular complexity index is 909. The molecule has 60 heavy (non-hydrogen) atoms. The van der Waals surface area contributed by atoms with E-state index in [-0.39, 0.29) is 24.9 Å². The number of nitrogens with one attached hydrogen (secondary N) is 1. The zero-order valence-electron chi connectivity index (χ0n) is 40.6. The van der Waals surface area contributed by atoms with Gasteiger partial charge in [-0.1, -0.05) is 245 Å². The summed E-state index contributed by atoms with van der Waals surface area (Å²) in [7, 11) is 0. The van der Waals surface area contributed by atoms with Gasteiger partial charge in [-0.2, -0.15) is 0 Å². The molecule has 0 aromatic heterocycles. The minimum absolute atomic E-state index is 0.0740. The van der Waals surface area contributed by atoms with Crippen molar-refractivity contribution in [2.45, 2.75) is 315 Å². The van der Waals surface area contributed by atoms with Crippen LogP contribution in [0.25, 0.3) is 0 Å². The van der Waals surface area contributed by atoms with Gasteiger partial charge in [-0.25, -0.2) is 0 Å². The van der Waals surface area contributed by atoms with Crippen LogP contribution in [0.5, 0.6) is 0 Å². The second kappa shape index (κ2) is 48.6. The summed E-state index contributed by atoms with van der Waals surface area (Å²) in [6.45, 7) is 6.49. The topological polar surface area (TPSA) is 95.9 Å². The zero-order valence-corrected chi connectivity index (χ0v) is 40.6. The van der Waals surface area contributed by atoms with Gasteiger partial charge in [0.05, 0.1) is 25.2 Å². The molecule has 356 valence electrons. The van der Waals surface area contributed by atoms with Crippen LogP contribution >= 0.6 is 0 Å². The average molecular weight is 848 g/mol. The minimum Gasteiger partial charge on any atom is -0.462 e. The van der Waals surface area contributed by atoms with Crippen molar-refractivity contribution in [1.29, 1.82) is 0 Å². The number of hydrogen-bond donors (Lipinski definition) is 3. The van der Waals surface area contributed by atoms with Gasteiger partial charge in [0.2, 0.25) is 5.91 Å². The summed E-state index contributed by atoms with van der Waals surface area (Å²) < 4.78 is 5.94. The fourth-order valence-corrected chi connectivity index (χ4v) is 8.49. The number of unbranched alkanes of at least 4 members (excludes halogenated alkanes) is 35. The lowest BCUT2D eigenvalue weighted by atomic mass is 10.0. The predicted molar refractivity (Wildman–Crippen MR) is 260 cm³/mol. The molecule has 1 amide bonds. The first-order valence-corrected chi connectivity index (χ1v) is 26.9. The molecule has 0 aromatic rings. The second-order valence-corrected chi connectivity index (χ2v) is 18.6. The number of ether oxygens (including phenoxy) is 1. The molecule has 0 heterocycles. The number of amides is 1. The van der Waals surface area contributed by atoms with E-state index in [1.165, 1.54) is 193 Å². The molecule has 0 saturated heterocycles. The largest absolute Gasteiger partial charge is 0.462 e. The number of carbonyl (C=O) groups excluding carboxylic acids is 2. The van der Waals surface area contributed by atoms with Crippen molar-refractivity contribution < 1.29 is 24.5 Å². The molecule has 0 aliphatic rings. The van der Waals surface area contributed by atoms with Crippen LogP contribution in [0.1, 0.15) is 297 Å². The zero-order chi connectivity index (χ0) is 43.8. The van der Waals surface area contributed by atoms with Crippen LogP contribution < -0.4 is 5.32 Å². The lowest BCUT2D eigenvalue weighted by Crippen LogP contribution is -2.46. The van der Waals surface area contributed by atoms with Crippen molar-refractivity contribution in [3.05, 3.63) is 12.2 Å². The summed E-state index contributed by atoms with van der Waals surface area (Å²) in [5.74, 6) is -0.471. The molecular formula is C54H105NO5. The maximum absolute atomic E-state index is 13.2. The van der Waals surface area contributed by atoms with Crippen molar-refractivity contribution in [2.75, 3.05) is 6.61 Å². The van der Waals surface area contributed by atoms with E-state index in [4.69, 9.17) is 4.74 Å². The van der Waals surface area contributed by atoms with Crippen LogP contribution in [0.15, 0.2) is 12.2 Å². The first kappa shape index (κ1) is 58.6. The summed E-state index contributed by atoms with van der Waals surface area (Å²) in [6.07, 6.45) is 54.2. The van der Waals surface area contributed by atoms with Crippen molar-refractivity contribution in [3.8, 4) is 0 Å².